The predicted molar refractivity (Wildman–Crippen MR) is 90.1 cm³/mol. The monoisotopic (exact) mass is 334 g/mol. The zero-order chi connectivity index (χ0) is 13.7. The predicted octanol–water partition coefficient (Wildman–Crippen LogP) is 1.51. The highest BCUT2D eigenvalue weighted by Gasteiger charge is 2.17. The van der Waals surface area contributed by atoms with Crippen LogP contribution in [-0.4, -0.2) is 42.5 Å². The Morgan fingerprint density at radius 1 is 1.38 bits per heavy atom. The summed E-state index contributed by atoms with van der Waals surface area (Å²) < 4.78 is 0. The first-order valence-electron chi connectivity index (χ1n) is 6.79. The molecule has 0 bridgehead atoms. The Balaban J connectivity index is 0.00000200. The summed E-state index contributed by atoms with van der Waals surface area (Å²) >= 11 is 0. The topological polar surface area (TPSA) is 71.2 Å². The lowest BCUT2D eigenvalue weighted by atomic mass is 9.97. The third-order valence-corrected chi connectivity index (χ3v) is 3.62. The smallest absolute Gasteiger partial charge is 0.226 e. The van der Waals surface area contributed by atoms with Crippen molar-refractivity contribution in [3.63, 3.8) is 0 Å². The molecule has 2 heterocycles. The van der Waals surface area contributed by atoms with E-state index in [9.17, 15) is 4.79 Å². The SMILES string of the molecule is CN1CCC(CNC(=O)Cc2ccc(N)cn2)CC1.Cl.Cl. The number of piperidine rings is 1. The number of hydrogen-bond donors (Lipinski definition) is 2. The number of carbonyl (C=O) groups is 1. The van der Waals surface area contributed by atoms with Crippen LogP contribution in [0.3, 0.4) is 0 Å². The van der Waals surface area contributed by atoms with Crippen LogP contribution >= 0.6 is 24.8 Å². The maximum absolute atomic E-state index is 11.8. The number of pyridine rings is 1. The van der Waals surface area contributed by atoms with Crippen LogP contribution in [0.15, 0.2) is 18.3 Å². The number of anilines is 1. The maximum Gasteiger partial charge on any atom is 0.226 e. The second-order valence-corrected chi connectivity index (χ2v) is 5.31. The fraction of sp³-hybridized carbons (Fsp3) is 0.571. The molecule has 120 valence electrons. The fourth-order valence-electron chi connectivity index (χ4n) is 2.29. The molecular weight excluding hydrogens is 311 g/mol. The Labute approximate surface area is 138 Å². The minimum atomic E-state index is 0. The molecule has 0 aliphatic carbocycles. The number of nitrogen functional groups attached to an aromatic ring is 1. The zero-order valence-electron chi connectivity index (χ0n) is 12.2. The molecule has 1 aromatic rings. The summed E-state index contributed by atoms with van der Waals surface area (Å²) in [6.07, 6.45) is 4.24. The number of carbonyl (C=O) groups excluding carboxylic acids is 1. The lowest BCUT2D eigenvalue weighted by molar-refractivity contribution is -0.120. The van der Waals surface area contributed by atoms with Crippen LogP contribution in [0.25, 0.3) is 0 Å². The van der Waals surface area contributed by atoms with Gasteiger partial charge in [0.15, 0.2) is 0 Å². The Hall–Kier alpha value is -1.04. The average Bonchev–Trinajstić information content (AvgIpc) is 2.41. The van der Waals surface area contributed by atoms with Crippen molar-refractivity contribution in [3.8, 4) is 0 Å². The lowest BCUT2D eigenvalue weighted by Gasteiger charge is -2.28. The minimum Gasteiger partial charge on any atom is -0.397 e. The Kier molecular flexibility index (Phi) is 9.33. The van der Waals surface area contributed by atoms with Crippen molar-refractivity contribution in [3.05, 3.63) is 24.0 Å². The number of halogens is 2. The summed E-state index contributed by atoms with van der Waals surface area (Å²) in [6.45, 7) is 3.03. The number of aromatic nitrogens is 1. The summed E-state index contributed by atoms with van der Waals surface area (Å²) in [5, 5.41) is 3.00. The third kappa shape index (κ3) is 6.98. The van der Waals surface area contributed by atoms with Gasteiger partial charge in [0, 0.05) is 12.2 Å². The van der Waals surface area contributed by atoms with Gasteiger partial charge in [0.2, 0.25) is 5.91 Å². The lowest BCUT2D eigenvalue weighted by Crippen LogP contribution is -2.37. The molecule has 3 N–H and O–H groups in total. The van der Waals surface area contributed by atoms with Crippen LogP contribution in [0.2, 0.25) is 0 Å². The molecular formula is C14H24Cl2N4O. The molecule has 1 amide bonds. The van der Waals surface area contributed by atoms with Crippen molar-refractivity contribution < 1.29 is 4.79 Å². The van der Waals surface area contributed by atoms with Crippen molar-refractivity contribution in [1.29, 1.82) is 0 Å². The number of hydrogen-bond acceptors (Lipinski definition) is 4. The molecule has 1 aromatic heterocycles. The summed E-state index contributed by atoms with van der Waals surface area (Å²) in [5.41, 5.74) is 6.94. The van der Waals surface area contributed by atoms with Crippen LogP contribution in [-0.2, 0) is 11.2 Å². The van der Waals surface area contributed by atoms with E-state index in [1.165, 1.54) is 0 Å². The summed E-state index contributed by atoms with van der Waals surface area (Å²) in [6, 6.07) is 3.57. The van der Waals surface area contributed by atoms with Gasteiger partial charge >= 0.3 is 0 Å². The van der Waals surface area contributed by atoms with Gasteiger partial charge in [-0.3, -0.25) is 9.78 Å². The second kappa shape index (κ2) is 9.82. The van der Waals surface area contributed by atoms with Gasteiger partial charge in [0.25, 0.3) is 0 Å². The van der Waals surface area contributed by atoms with Gasteiger partial charge in [-0.1, -0.05) is 0 Å². The molecule has 0 spiro atoms. The van der Waals surface area contributed by atoms with Gasteiger partial charge in [0.05, 0.1) is 18.3 Å². The number of likely N-dealkylation sites (tertiary alicyclic amines) is 1. The first-order chi connectivity index (χ1) is 9.13. The summed E-state index contributed by atoms with van der Waals surface area (Å²) in [7, 11) is 2.14. The molecule has 5 nitrogen and oxygen atoms in total. The van der Waals surface area contributed by atoms with E-state index in [1.807, 2.05) is 0 Å². The highest BCUT2D eigenvalue weighted by molar-refractivity contribution is 5.85. The number of nitrogens with zero attached hydrogens (tertiary/aromatic N) is 2. The minimum absolute atomic E-state index is 0. The highest BCUT2D eigenvalue weighted by atomic mass is 35.5. The van der Waals surface area contributed by atoms with E-state index in [-0.39, 0.29) is 30.7 Å². The number of nitrogens with one attached hydrogen (secondary N) is 1. The second-order valence-electron chi connectivity index (χ2n) is 5.31. The third-order valence-electron chi connectivity index (χ3n) is 3.62. The molecule has 1 saturated heterocycles. The molecule has 1 aliphatic heterocycles. The zero-order valence-corrected chi connectivity index (χ0v) is 13.9. The standard InChI is InChI=1S/C14H22N4O.2ClH/c1-18-6-4-11(5-7-18)9-17-14(19)8-13-3-2-12(15)10-16-13;;/h2-3,10-11H,4-9,15H2,1H3,(H,17,19);2*1H. The normalized spacial score (nSPS) is 15.7. The molecule has 1 fully saturated rings. The molecule has 0 saturated carbocycles. The van der Waals surface area contributed by atoms with Crippen LogP contribution in [0.1, 0.15) is 18.5 Å². The van der Waals surface area contributed by atoms with E-state index < -0.39 is 0 Å². The molecule has 1 aliphatic rings. The van der Waals surface area contributed by atoms with Crippen molar-refractivity contribution in [2.45, 2.75) is 19.3 Å². The van der Waals surface area contributed by atoms with Crippen LogP contribution in [0.4, 0.5) is 5.69 Å². The maximum atomic E-state index is 11.8. The van der Waals surface area contributed by atoms with Crippen LogP contribution in [0, 0.1) is 5.92 Å². The summed E-state index contributed by atoms with van der Waals surface area (Å²) in [4.78, 5) is 18.3. The van der Waals surface area contributed by atoms with Gasteiger partial charge in [-0.15, -0.1) is 24.8 Å². The Bertz CT molecular complexity index is 419. The van der Waals surface area contributed by atoms with Crippen molar-refractivity contribution in [2.75, 3.05) is 32.4 Å². The van der Waals surface area contributed by atoms with E-state index in [0.717, 1.165) is 38.2 Å². The molecule has 0 unspecified atom stereocenters. The van der Waals surface area contributed by atoms with Crippen molar-refractivity contribution in [2.24, 2.45) is 5.92 Å². The molecule has 2 rings (SSSR count). The molecule has 21 heavy (non-hydrogen) atoms. The van der Waals surface area contributed by atoms with Crippen molar-refractivity contribution in [1.82, 2.24) is 15.2 Å². The van der Waals surface area contributed by atoms with Gasteiger partial charge in [0.1, 0.15) is 0 Å². The Morgan fingerprint density at radius 2 is 2.05 bits per heavy atom. The van der Waals surface area contributed by atoms with E-state index in [4.69, 9.17) is 5.73 Å². The molecule has 0 radical (unpaired) electrons. The van der Waals surface area contributed by atoms with Gasteiger partial charge in [-0.25, -0.2) is 0 Å². The van der Waals surface area contributed by atoms with E-state index >= 15 is 0 Å². The average molecular weight is 335 g/mol. The van der Waals surface area contributed by atoms with Crippen molar-refractivity contribution >= 4 is 36.4 Å². The number of rotatable bonds is 4. The van der Waals surface area contributed by atoms with Crippen LogP contribution < -0.4 is 11.1 Å². The molecule has 7 heteroatoms. The summed E-state index contributed by atoms with van der Waals surface area (Å²) in [5.74, 6) is 0.649. The van der Waals surface area contributed by atoms with E-state index in [1.54, 1.807) is 18.3 Å². The largest absolute Gasteiger partial charge is 0.397 e. The molecule has 0 atom stereocenters. The number of amides is 1. The van der Waals surface area contributed by atoms with E-state index in [2.05, 4.69) is 22.2 Å². The van der Waals surface area contributed by atoms with Gasteiger partial charge < -0.3 is 16.0 Å². The van der Waals surface area contributed by atoms with Crippen LogP contribution in [0.5, 0.6) is 0 Å². The van der Waals surface area contributed by atoms with Gasteiger partial charge in [-0.2, -0.15) is 0 Å². The molecule has 0 aromatic carbocycles. The van der Waals surface area contributed by atoms with Gasteiger partial charge in [-0.05, 0) is 51.0 Å². The van der Waals surface area contributed by atoms with E-state index in [0.29, 0.717) is 18.0 Å². The number of nitrogens with two attached hydrogens (primary N) is 1. The first-order valence-corrected chi connectivity index (χ1v) is 6.79. The quantitative estimate of drug-likeness (QED) is 0.875. The highest BCUT2D eigenvalue weighted by Crippen LogP contribution is 2.14. The first kappa shape index (κ1) is 20.0. The Morgan fingerprint density at radius 3 is 2.62 bits per heavy atom. The fourth-order valence-corrected chi connectivity index (χ4v) is 2.29.